The fourth-order valence-corrected chi connectivity index (χ4v) is 2.53. The minimum absolute atomic E-state index is 0.242. The molecule has 1 aliphatic rings. The maximum atomic E-state index is 11.0. The van der Waals surface area contributed by atoms with Gasteiger partial charge in [0.15, 0.2) is 0 Å². The van der Waals surface area contributed by atoms with Crippen LogP contribution in [0.25, 0.3) is 0 Å². The van der Waals surface area contributed by atoms with E-state index in [4.69, 9.17) is 4.74 Å². The molecule has 0 spiro atoms. The van der Waals surface area contributed by atoms with Crippen LogP contribution in [0, 0.1) is 0 Å². The Kier molecular flexibility index (Phi) is 4.68. The zero-order chi connectivity index (χ0) is 11.3. The number of hydrogen-bond donors (Lipinski definition) is 0. The van der Waals surface area contributed by atoms with Crippen molar-refractivity contribution in [3.63, 3.8) is 0 Å². The summed E-state index contributed by atoms with van der Waals surface area (Å²) in [4.78, 5) is 15.3. The Morgan fingerprint density at radius 1 is 1.60 bits per heavy atom. The van der Waals surface area contributed by atoms with Crippen LogP contribution in [-0.4, -0.2) is 22.7 Å². The molecule has 0 amide bonds. The summed E-state index contributed by atoms with van der Waals surface area (Å²) in [7, 11) is 0. The van der Waals surface area contributed by atoms with Gasteiger partial charge in [-0.1, -0.05) is 32.2 Å². The monoisotopic (exact) mass is 229 g/mol. The van der Waals surface area contributed by atoms with E-state index in [9.17, 15) is 4.79 Å². The Hall–Kier alpha value is -0.970. The second kappa shape index (κ2) is 5.80. The average molecular weight is 229 g/mol. The normalized spacial score (nSPS) is 24.5. The van der Waals surface area contributed by atoms with Crippen molar-refractivity contribution in [3.05, 3.63) is 12.8 Å². The van der Waals surface area contributed by atoms with Gasteiger partial charge in [0.05, 0.1) is 12.3 Å². The highest BCUT2D eigenvalue weighted by Gasteiger charge is 2.29. The first kappa shape index (κ1) is 12.1. The summed E-state index contributed by atoms with van der Waals surface area (Å²) in [6.07, 6.45) is 2.23. The molecule has 0 aromatic carbocycles. The molecule has 0 aromatic rings. The molecule has 0 saturated heterocycles. The fraction of sp³-hybridized carbons (Fsp3) is 0.600. The molecule has 0 aromatic heterocycles. The van der Waals surface area contributed by atoms with Gasteiger partial charge in [-0.15, -0.1) is 0 Å². The van der Waals surface area contributed by atoms with Gasteiger partial charge < -0.3 is 9.47 Å². The first-order valence-electron chi connectivity index (χ1n) is 4.95. The van der Waals surface area contributed by atoms with E-state index in [2.05, 4.69) is 30.2 Å². The number of hydrogen-bond acceptors (Lipinski definition) is 5. The molecular formula is C10H15NO3S. The third-order valence-corrected chi connectivity index (χ3v) is 3.46. The zero-order valence-corrected chi connectivity index (χ0v) is 9.75. The predicted molar refractivity (Wildman–Crippen MR) is 60.9 cm³/mol. The van der Waals surface area contributed by atoms with Crippen molar-refractivity contribution in [3.8, 4) is 0 Å². The van der Waals surface area contributed by atoms with Crippen molar-refractivity contribution in [1.29, 1.82) is 0 Å². The highest BCUT2D eigenvalue weighted by atomic mass is 32.2. The number of carbonyl (C=O) groups is 1. The van der Waals surface area contributed by atoms with E-state index in [1.54, 1.807) is 0 Å². The van der Waals surface area contributed by atoms with Gasteiger partial charge in [0, 0.05) is 5.25 Å². The summed E-state index contributed by atoms with van der Waals surface area (Å²) in [6.45, 7) is 7.44. The lowest BCUT2D eigenvalue weighted by molar-refractivity contribution is 0.134. The van der Waals surface area contributed by atoms with Crippen molar-refractivity contribution in [2.75, 3.05) is 0 Å². The molecule has 1 aliphatic heterocycles. The van der Waals surface area contributed by atoms with Crippen LogP contribution in [0.1, 0.15) is 26.7 Å². The summed E-state index contributed by atoms with van der Waals surface area (Å²) in [5.41, 5.74) is 0. The maximum absolute atomic E-state index is 11.0. The molecule has 1 heterocycles. The van der Waals surface area contributed by atoms with Gasteiger partial charge in [-0.05, 0) is 12.8 Å². The topological polar surface area (TPSA) is 47.9 Å². The summed E-state index contributed by atoms with van der Waals surface area (Å²) in [5, 5.41) is 0.807. The number of ether oxygens (including phenoxy) is 2. The summed E-state index contributed by atoms with van der Waals surface area (Å²) >= 11 is 1.49. The average Bonchev–Trinajstić information content (AvgIpc) is 2.60. The number of nitrogens with zero attached hydrogens (tertiary/aromatic N) is 1. The lowest BCUT2D eigenvalue weighted by Crippen LogP contribution is -2.14. The molecule has 2 atom stereocenters. The molecule has 1 rings (SSSR count). The van der Waals surface area contributed by atoms with Crippen LogP contribution >= 0.6 is 11.8 Å². The van der Waals surface area contributed by atoms with E-state index < -0.39 is 6.16 Å². The lowest BCUT2D eigenvalue weighted by Gasteiger charge is -2.10. The molecule has 0 saturated carbocycles. The predicted octanol–water partition coefficient (Wildman–Crippen LogP) is 2.94. The van der Waals surface area contributed by atoms with Crippen LogP contribution in [0.3, 0.4) is 0 Å². The second-order valence-electron chi connectivity index (χ2n) is 3.07. The van der Waals surface area contributed by atoms with E-state index in [1.807, 2.05) is 0 Å². The Morgan fingerprint density at radius 2 is 2.33 bits per heavy atom. The third kappa shape index (κ3) is 3.27. The number of thioether (sulfide) groups is 1. The van der Waals surface area contributed by atoms with Gasteiger partial charge in [0.2, 0.25) is 0 Å². The second-order valence-corrected chi connectivity index (χ2v) is 4.26. The van der Waals surface area contributed by atoms with Gasteiger partial charge in [-0.25, -0.2) is 9.79 Å². The third-order valence-electron chi connectivity index (χ3n) is 2.12. The van der Waals surface area contributed by atoms with Crippen LogP contribution in [-0.2, 0) is 9.47 Å². The Labute approximate surface area is 93.7 Å². The van der Waals surface area contributed by atoms with Crippen LogP contribution in [0.5, 0.6) is 0 Å². The Balaban J connectivity index is 2.50. The zero-order valence-electron chi connectivity index (χ0n) is 8.93. The van der Waals surface area contributed by atoms with E-state index in [0.717, 1.165) is 19.1 Å². The summed E-state index contributed by atoms with van der Waals surface area (Å²) < 4.78 is 9.35. The lowest BCUT2D eigenvalue weighted by atomic mass is 10.1. The molecule has 0 bridgehead atoms. The molecule has 15 heavy (non-hydrogen) atoms. The summed E-state index contributed by atoms with van der Waals surface area (Å²) in [6, 6.07) is 0.242. The number of rotatable bonds is 3. The Bertz CT molecular complexity index is 278. The van der Waals surface area contributed by atoms with Gasteiger partial charge in [-0.3, -0.25) is 0 Å². The first-order chi connectivity index (χ1) is 7.21. The molecule has 0 N–H and O–H groups in total. The highest BCUT2D eigenvalue weighted by molar-refractivity contribution is 8.14. The van der Waals surface area contributed by atoms with E-state index in [1.165, 1.54) is 11.8 Å². The quantitative estimate of drug-likeness (QED) is 0.551. The van der Waals surface area contributed by atoms with Crippen molar-refractivity contribution in [1.82, 2.24) is 0 Å². The van der Waals surface area contributed by atoms with Gasteiger partial charge in [-0.2, -0.15) is 0 Å². The Morgan fingerprint density at radius 3 is 2.80 bits per heavy atom. The van der Waals surface area contributed by atoms with Gasteiger partial charge in [0.1, 0.15) is 0 Å². The standard InChI is InChI=1S/C10H15NO3S/c1-4-7-8(5-2)15-9(11-7)14-10(12)13-6-3/h6-8H,3-5H2,1-2H3. The summed E-state index contributed by atoms with van der Waals surface area (Å²) in [5.74, 6) is 0. The van der Waals surface area contributed by atoms with Crippen LogP contribution in [0.15, 0.2) is 17.8 Å². The maximum Gasteiger partial charge on any atom is 0.520 e. The molecule has 84 valence electrons. The highest BCUT2D eigenvalue weighted by Crippen LogP contribution is 2.31. The molecule has 5 heteroatoms. The van der Waals surface area contributed by atoms with E-state index in [-0.39, 0.29) is 6.04 Å². The molecule has 0 aliphatic carbocycles. The largest absolute Gasteiger partial charge is 0.520 e. The van der Waals surface area contributed by atoms with E-state index >= 15 is 0 Å². The van der Waals surface area contributed by atoms with Crippen molar-refractivity contribution >= 4 is 23.1 Å². The van der Waals surface area contributed by atoms with Gasteiger partial charge >= 0.3 is 6.16 Å². The van der Waals surface area contributed by atoms with Crippen molar-refractivity contribution in [2.24, 2.45) is 4.99 Å². The first-order valence-corrected chi connectivity index (χ1v) is 5.83. The smallest absolute Gasteiger partial charge is 0.403 e. The van der Waals surface area contributed by atoms with Crippen LogP contribution < -0.4 is 0 Å². The molecular weight excluding hydrogens is 214 g/mol. The van der Waals surface area contributed by atoms with E-state index in [0.29, 0.717) is 10.5 Å². The molecule has 0 fully saturated rings. The van der Waals surface area contributed by atoms with Crippen LogP contribution in [0.2, 0.25) is 0 Å². The minimum Gasteiger partial charge on any atom is -0.403 e. The van der Waals surface area contributed by atoms with Gasteiger partial charge in [0.25, 0.3) is 5.23 Å². The number of carbonyl (C=O) groups excluding carboxylic acids is 1. The van der Waals surface area contributed by atoms with Crippen LogP contribution in [0.4, 0.5) is 4.79 Å². The fourth-order valence-electron chi connectivity index (χ4n) is 1.38. The molecule has 0 radical (unpaired) electrons. The number of aliphatic imine (C=N–C) groups is 1. The minimum atomic E-state index is -0.775. The molecule has 2 unspecified atom stereocenters. The van der Waals surface area contributed by atoms with Crippen molar-refractivity contribution < 1.29 is 14.3 Å². The molecule has 4 nitrogen and oxygen atoms in total. The SMILES string of the molecule is C=COC(=O)OC1=NC(CC)C(CC)S1. The van der Waals surface area contributed by atoms with Crippen molar-refractivity contribution in [2.45, 2.75) is 38.0 Å².